The fraction of sp³-hybridized carbons (Fsp3) is 0.231. The molecule has 1 aliphatic carbocycles. The third kappa shape index (κ3) is 5.05. The monoisotopic (exact) mass is 446 g/mol. The van der Waals surface area contributed by atoms with Crippen molar-refractivity contribution in [2.75, 3.05) is 18.5 Å². The number of rotatable bonds is 7. The molecule has 4 N–H and O–H groups in total. The van der Waals surface area contributed by atoms with Crippen LogP contribution in [-0.4, -0.2) is 41.5 Å². The maximum absolute atomic E-state index is 12.3. The van der Waals surface area contributed by atoms with E-state index in [1.54, 1.807) is 24.3 Å². The lowest BCUT2D eigenvalue weighted by Gasteiger charge is -2.20. The molecular formula is C26H26N2O5. The maximum Gasteiger partial charge on any atom is 0.407 e. The van der Waals surface area contributed by atoms with Gasteiger partial charge < -0.3 is 25.6 Å². The van der Waals surface area contributed by atoms with Gasteiger partial charge in [-0.15, -0.1) is 0 Å². The van der Waals surface area contributed by atoms with Gasteiger partial charge in [0.05, 0.1) is 0 Å². The number of ether oxygens (including phenoxy) is 1. The van der Waals surface area contributed by atoms with Gasteiger partial charge in [-0.3, -0.25) is 4.79 Å². The lowest BCUT2D eigenvalue weighted by atomic mass is 9.98. The number of nitrogens with one attached hydrogen (secondary N) is 2. The first-order valence-corrected chi connectivity index (χ1v) is 10.8. The number of fused-ring (bicyclic) bond motifs is 3. The Morgan fingerprint density at radius 2 is 1.58 bits per heavy atom. The Hall–Kier alpha value is -3.68. The highest BCUT2D eigenvalue weighted by Crippen LogP contribution is 2.44. The molecule has 1 aliphatic rings. The molecule has 2 unspecified atom stereocenters. The van der Waals surface area contributed by atoms with E-state index in [9.17, 15) is 19.8 Å². The van der Waals surface area contributed by atoms with E-state index in [2.05, 4.69) is 22.8 Å². The SMILES string of the molecule is CC(=O)Nc1cccc(C(O)C(O)CNC(=O)OCC2c3ccccc3-c3ccccc32)c1. The third-order valence-corrected chi connectivity index (χ3v) is 5.71. The van der Waals surface area contributed by atoms with E-state index < -0.39 is 18.3 Å². The van der Waals surface area contributed by atoms with E-state index in [-0.39, 0.29) is 25.0 Å². The predicted molar refractivity (Wildman–Crippen MR) is 125 cm³/mol. The van der Waals surface area contributed by atoms with Crippen LogP contribution in [0.1, 0.15) is 35.6 Å². The second kappa shape index (κ2) is 9.85. The molecule has 0 saturated heterocycles. The van der Waals surface area contributed by atoms with Crippen LogP contribution in [0.5, 0.6) is 0 Å². The van der Waals surface area contributed by atoms with Crippen molar-refractivity contribution in [2.45, 2.75) is 25.0 Å². The molecular weight excluding hydrogens is 420 g/mol. The van der Waals surface area contributed by atoms with Gasteiger partial charge in [-0.1, -0.05) is 60.7 Å². The molecule has 33 heavy (non-hydrogen) atoms. The fourth-order valence-corrected chi connectivity index (χ4v) is 4.17. The summed E-state index contributed by atoms with van der Waals surface area (Å²) < 4.78 is 5.45. The normalized spacial score (nSPS) is 14.0. The molecule has 3 aromatic rings. The van der Waals surface area contributed by atoms with Crippen molar-refractivity contribution in [1.29, 1.82) is 0 Å². The van der Waals surface area contributed by atoms with E-state index in [4.69, 9.17) is 4.74 Å². The van der Waals surface area contributed by atoms with Crippen LogP contribution in [0.15, 0.2) is 72.8 Å². The molecule has 0 fully saturated rings. The van der Waals surface area contributed by atoms with Crippen molar-refractivity contribution in [3.05, 3.63) is 89.5 Å². The van der Waals surface area contributed by atoms with Crippen LogP contribution >= 0.6 is 0 Å². The molecule has 2 atom stereocenters. The minimum Gasteiger partial charge on any atom is -0.449 e. The summed E-state index contributed by atoms with van der Waals surface area (Å²) in [6, 6.07) is 22.7. The molecule has 7 heteroatoms. The minimum absolute atomic E-state index is 0.0600. The summed E-state index contributed by atoms with van der Waals surface area (Å²) in [6.45, 7) is 1.36. The van der Waals surface area contributed by atoms with Gasteiger partial charge in [0.1, 0.15) is 18.8 Å². The van der Waals surface area contributed by atoms with E-state index in [0.29, 0.717) is 11.3 Å². The molecule has 0 bridgehead atoms. The van der Waals surface area contributed by atoms with Crippen LogP contribution < -0.4 is 10.6 Å². The largest absolute Gasteiger partial charge is 0.449 e. The third-order valence-electron chi connectivity index (χ3n) is 5.71. The number of aliphatic hydroxyl groups is 2. The summed E-state index contributed by atoms with van der Waals surface area (Å²) in [7, 11) is 0. The molecule has 0 saturated carbocycles. The first kappa shape index (κ1) is 22.5. The lowest BCUT2D eigenvalue weighted by Crippen LogP contribution is -2.36. The molecule has 0 aliphatic heterocycles. The number of carbonyl (C=O) groups excluding carboxylic acids is 2. The number of hydrogen-bond donors (Lipinski definition) is 4. The number of benzene rings is 3. The van der Waals surface area contributed by atoms with E-state index >= 15 is 0 Å². The molecule has 2 amide bonds. The molecule has 7 nitrogen and oxygen atoms in total. The zero-order chi connectivity index (χ0) is 23.4. The number of anilines is 1. The summed E-state index contributed by atoms with van der Waals surface area (Å²) in [4.78, 5) is 23.5. The Balaban J connectivity index is 1.32. The van der Waals surface area contributed by atoms with Crippen LogP contribution in [-0.2, 0) is 9.53 Å². The number of carbonyl (C=O) groups is 2. The Bertz CT molecular complexity index is 1120. The average molecular weight is 447 g/mol. The highest BCUT2D eigenvalue weighted by atomic mass is 16.5. The highest BCUT2D eigenvalue weighted by Gasteiger charge is 2.29. The standard InChI is InChI=1S/C26H26N2O5/c1-16(29)28-18-8-6-7-17(13-18)25(31)24(30)14-27-26(32)33-15-23-21-11-4-2-9-19(21)20-10-3-5-12-22(20)23/h2-13,23-25,30-31H,14-15H2,1H3,(H,27,32)(H,28,29). The van der Waals surface area contributed by atoms with Crippen LogP contribution in [0.3, 0.4) is 0 Å². The fourth-order valence-electron chi connectivity index (χ4n) is 4.17. The number of hydrogen-bond acceptors (Lipinski definition) is 5. The number of amides is 2. The van der Waals surface area contributed by atoms with Gasteiger partial charge in [0.25, 0.3) is 0 Å². The van der Waals surface area contributed by atoms with Gasteiger partial charge in [-0.05, 0) is 39.9 Å². The van der Waals surface area contributed by atoms with Gasteiger partial charge in [0.2, 0.25) is 5.91 Å². The van der Waals surface area contributed by atoms with Crippen molar-refractivity contribution in [3.8, 4) is 11.1 Å². The summed E-state index contributed by atoms with van der Waals surface area (Å²) in [5.74, 6) is -0.297. The Labute approximate surface area is 192 Å². The van der Waals surface area contributed by atoms with Crippen molar-refractivity contribution in [1.82, 2.24) is 5.32 Å². The molecule has 170 valence electrons. The van der Waals surface area contributed by atoms with Gasteiger partial charge >= 0.3 is 6.09 Å². The van der Waals surface area contributed by atoms with Crippen molar-refractivity contribution in [2.24, 2.45) is 0 Å². The van der Waals surface area contributed by atoms with Gasteiger partial charge in [-0.25, -0.2) is 4.79 Å². The molecule has 0 spiro atoms. The Morgan fingerprint density at radius 1 is 0.939 bits per heavy atom. The summed E-state index contributed by atoms with van der Waals surface area (Å²) >= 11 is 0. The van der Waals surface area contributed by atoms with Crippen molar-refractivity contribution < 1.29 is 24.5 Å². The smallest absolute Gasteiger partial charge is 0.407 e. The van der Waals surface area contributed by atoms with Crippen LogP contribution in [0, 0.1) is 0 Å². The second-order valence-corrected chi connectivity index (χ2v) is 8.03. The average Bonchev–Trinajstić information content (AvgIpc) is 3.14. The zero-order valence-electron chi connectivity index (χ0n) is 18.2. The Kier molecular flexibility index (Phi) is 6.72. The van der Waals surface area contributed by atoms with E-state index in [1.165, 1.54) is 6.92 Å². The molecule has 0 radical (unpaired) electrons. The summed E-state index contributed by atoms with van der Waals surface area (Å²) in [5, 5.41) is 25.9. The molecule has 0 heterocycles. The summed E-state index contributed by atoms with van der Waals surface area (Å²) in [6.07, 6.45) is -3.17. The first-order chi connectivity index (χ1) is 15.9. The van der Waals surface area contributed by atoms with Crippen molar-refractivity contribution >= 4 is 17.7 Å². The molecule has 0 aromatic heterocycles. The number of aliphatic hydroxyl groups excluding tert-OH is 2. The second-order valence-electron chi connectivity index (χ2n) is 8.03. The van der Waals surface area contributed by atoms with Crippen LogP contribution in [0.25, 0.3) is 11.1 Å². The zero-order valence-corrected chi connectivity index (χ0v) is 18.2. The van der Waals surface area contributed by atoms with Gasteiger partial charge in [0.15, 0.2) is 0 Å². The van der Waals surface area contributed by atoms with E-state index in [1.807, 2.05) is 36.4 Å². The summed E-state index contributed by atoms with van der Waals surface area (Å²) in [5.41, 5.74) is 5.44. The maximum atomic E-state index is 12.3. The van der Waals surface area contributed by atoms with Gasteiger partial charge in [-0.2, -0.15) is 0 Å². The van der Waals surface area contributed by atoms with Crippen LogP contribution in [0.2, 0.25) is 0 Å². The van der Waals surface area contributed by atoms with Gasteiger partial charge in [0, 0.05) is 25.1 Å². The topological polar surface area (TPSA) is 108 Å². The number of alkyl carbamates (subject to hydrolysis) is 1. The first-order valence-electron chi connectivity index (χ1n) is 10.8. The predicted octanol–water partition coefficient (Wildman–Crippen LogP) is 3.58. The Morgan fingerprint density at radius 3 is 2.21 bits per heavy atom. The quantitative estimate of drug-likeness (QED) is 0.444. The lowest BCUT2D eigenvalue weighted by molar-refractivity contribution is -0.114. The molecule has 3 aromatic carbocycles. The minimum atomic E-state index is -1.25. The van der Waals surface area contributed by atoms with Crippen molar-refractivity contribution in [3.63, 3.8) is 0 Å². The highest BCUT2D eigenvalue weighted by molar-refractivity contribution is 5.88. The molecule has 4 rings (SSSR count). The van der Waals surface area contributed by atoms with Crippen LogP contribution in [0.4, 0.5) is 10.5 Å². The van der Waals surface area contributed by atoms with E-state index in [0.717, 1.165) is 22.3 Å².